The lowest BCUT2D eigenvalue weighted by molar-refractivity contribution is -0.132. The van der Waals surface area contributed by atoms with Crippen LogP contribution in [0.1, 0.15) is 31.0 Å². The number of amides is 1. The molecule has 3 aromatic carbocycles. The second kappa shape index (κ2) is 11.5. The second-order valence-corrected chi connectivity index (χ2v) is 9.92. The highest BCUT2D eigenvalue weighted by atomic mass is 16.5. The minimum Gasteiger partial charge on any atom is -0.507 e. The number of methoxy groups -OCH3 is 2. The molecule has 1 heterocycles. The van der Waals surface area contributed by atoms with Crippen molar-refractivity contribution < 1.29 is 28.9 Å². The topological polar surface area (TPSA) is 88.5 Å². The molecule has 1 unspecified atom stereocenters. The molecule has 8 nitrogen and oxygen atoms in total. The number of carbonyl (C=O) groups excluding carboxylic acids is 2. The predicted molar refractivity (Wildman–Crippen MR) is 152 cm³/mol. The lowest BCUT2D eigenvalue weighted by Crippen LogP contribution is -2.29. The summed E-state index contributed by atoms with van der Waals surface area (Å²) in [4.78, 5) is 30.3. The van der Waals surface area contributed by atoms with E-state index < -0.39 is 17.7 Å². The Bertz CT molecular complexity index is 1380. The van der Waals surface area contributed by atoms with Crippen LogP contribution < -0.4 is 24.0 Å². The fraction of sp³-hybridized carbons (Fsp3) is 0.290. The van der Waals surface area contributed by atoms with Gasteiger partial charge in [-0.15, -0.1) is 0 Å². The summed E-state index contributed by atoms with van der Waals surface area (Å²) in [6.07, 6.45) is 0. The van der Waals surface area contributed by atoms with Gasteiger partial charge in [-0.1, -0.05) is 26.0 Å². The second-order valence-electron chi connectivity index (χ2n) is 9.92. The molecule has 1 amide bonds. The first-order chi connectivity index (χ1) is 18.7. The number of rotatable bonds is 9. The van der Waals surface area contributed by atoms with Crippen LogP contribution in [0.5, 0.6) is 17.2 Å². The Morgan fingerprint density at radius 2 is 1.56 bits per heavy atom. The predicted octanol–water partition coefficient (Wildman–Crippen LogP) is 5.43. The van der Waals surface area contributed by atoms with Crippen molar-refractivity contribution in [3.8, 4) is 17.2 Å². The summed E-state index contributed by atoms with van der Waals surface area (Å²) in [5.41, 5.74) is 2.48. The molecule has 4 rings (SSSR count). The summed E-state index contributed by atoms with van der Waals surface area (Å²) in [5.74, 6) is 0.145. The van der Waals surface area contributed by atoms with Crippen molar-refractivity contribution in [3.05, 3.63) is 83.4 Å². The van der Waals surface area contributed by atoms with Gasteiger partial charge in [-0.25, -0.2) is 0 Å². The minimum atomic E-state index is -0.865. The molecule has 1 aliphatic rings. The zero-order valence-electron chi connectivity index (χ0n) is 23.1. The van der Waals surface area contributed by atoms with E-state index in [1.807, 2.05) is 43.3 Å². The summed E-state index contributed by atoms with van der Waals surface area (Å²) < 4.78 is 16.5. The van der Waals surface area contributed by atoms with Crippen LogP contribution in [0.2, 0.25) is 0 Å². The number of benzene rings is 3. The number of nitrogens with zero attached hydrogens (tertiary/aromatic N) is 2. The van der Waals surface area contributed by atoms with Gasteiger partial charge in [0.1, 0.15) is 11.5 Å². The first-order valence-electron chi connectivity index (χ1n) is 12.7. The van der Waals surface area contributed by atoms with E-state index in [2.05, 4.69) is 13.8 Å². The van der Waals surface area contributed by atoms with Crippen molar-refractivity contribution in [2.24, 2.45) is 5.92 Å². The van der Waals surface area contributed by atoms with E-state index in [1.54, 1.807) is 42.5 Å². The van der Waals surface area contributed by atoms with Gasteiger partial charge in [0.15, 0.2) is 11.5 Å². The molecular formula is C31H34N2O6. The van der Waals surface area contributed by atoms with Crippen LogP contribution in [0.3, 0.4) is 0 Å². The average molecular weight is 531 g/mol. The fourth-order valence-electron chi connectivity index (χ4n) is 4.47. The molecule has 1 N–H and O–H groups in total. The van der Waals surface area contributed by atoms with E-state index in [9.17, 15) is 14.7 Å². The first-order valence-corrected chi connectivity index (χ1v) is 12.7. The Hall–Kier alpha value is -4.46. The highest BCUT2D eigenvalue weighted by Crippen LogP contribution is 2.44. The van der Waals surface area contributed by atoms with Crippen LogP contribution in [0.25, 0.3) is 5.76 Å². The Balaban J connectivity index is 1.84. The molecule has 1 saturated heterocycles. The summed E-state index contributed by atoms with van der Waals surface area (Å²) in [6, 6.07) is 18.5. The van der Waals surface area contributed by atoms with Crippen molar-refractivity contribution >= 4 is 28.8 Å². The van der Waals surface area contributed by atoms with Gasteiger partial charge in [-0.2, -0.15) is 0 Å². The summed E-state index contributed by atoms with van der Waals surface area (Å²) in [5, 5.41) is 11.4. The maximum Gasteiger partial charge on any atom is 0.300 e. The third-order valence-electron chi connectivity index (χ3n) is 6.53. The molecule has 3 aromatic rings. The van der Waals surface area contributed by atoms with Crippen LogP contribution in [0, 0.1) is 5.92 Å². The van der Waals surface area contributed by atoms with Gasteiger partial charge in [0.2, 0.25) is 0 Å². The normalized spacial score (nSPS) is 16.5. The number of ketones is 1. The SMILES string of the molecule is COc1ccc(N2C(=O)C(=O)/C(=C(/O)c3ccc(OCC(C)C)cc3)C2c2ccc(N(C)C)cc2)cc1OC. The number of hydrogen-bond donors (Lipinski definition) is 1. The van der Waals surface area contributed by atoms with Crippen molar-refractivity contribution in [2.75, 3.05) is 44.7 Å². The molecule has 1 atom stereocenters. The van der Waals surface area contributed by atoms with Gasteiger partial charge in [-0.3, -0.25) is 14.5 Å². The smallest absolute Gasteiger partial charge is 0.300 e. The molecule has 1 aliphatic heterocycles. The molecule has 39 heavy (non-hydrogen) atoms. The van der Waals surface area contributed by atoms with Crippen LogP contribution in [0.4, 0.5) is 11.4 Å². The van der Waals surface area contributed by atoms with Gasteiger partial charge in [0.05, 0.1) is 32.4 Å². The fourth-order valence-corrected chi connectivity index (χ4v) is 4.47. The van der Waals surface area contributed by atoms with E-state index in [0.717, 1.165) is 5.69 Å². The van der Waals surface area contributed by atoms with Crippen molar-refractivity contribution in [1.82, 2.24) is 0 Å². The third-order valence-corrected chi connectivity index (χ3v) is 6.53. The first kappa shape index (κ1) is 27.6. The maximum absolute atomic E-state index is 13.5. The van der Waals surface area contributed by atoms with Crippen molar-refractivity contribution in [3.63, 3.8) is 0 Å². The molecule has 0 radical (unpaired) electrons. The van der Waals surface area contributed by atoms with Gasteiger partial charge in [0.25, 0.3) is 11.7 Å². The molecular weight excluding hydrogens is 496 g/mol. The molecule has 0 spiro atoms. The lowest BCUT2D eigenvalue weighted by atomic mass is 9.95. The lowest BCUT2D eigenvalue weighted by Gasteiger charge is -2.26. The van der Waals surface area contributed by atoms with Gasteiger partial charge in [-0.05, 0) is 60.0 Å². The number of aliphatic hydroxyl groups excluding tert-OH is 1. The zero-order chi connectivity index (χ0) is 28.3. The van der Waals surface area contributed by atoms with E-state index in [1.165, 1.54) is 19.1 Å². The number of Topliss-reactive ketones (excluding diaryl/α,β-unsaturated/α-hetero) is 1. The van der Waals surface area contributed by atoms with Gasteiger partial charge < -0.3 is 24.2 Å². The van der Waals surface area contributed by atoms with Crippen molar-refractivity contribution in [1.29, 1.82) is 0 Å². The summed E-state index contributed by atoms with van der Waals surface area (Å²) >= 11 is 0. The molecule has 0 aliphatic carbocycles. The van der Waals surface area contributed by atoms with E-state index >= 15 is 0 Å². The van der Waals surface area contributed by atoms with Gasteiger partial charge >= 0.3 is 0 Å². The Kier molecular flexibility index (Phi) is 8.14. The highest BCUT2D eigenvalue weighted by Gasteiger charge is 2.47. The maximum atomic E-state index is 13.5. The molecule has 0 bridgehead atoms. The molecule has 1 fully saturated rings. The van der Waals surface area contributed by atoms with Gasteiger partial charge in [0, 0.05) is 37.1 Å². The number of anilines is 2. The molecule has 0 aromatic heterocycles. The van der Waals surface area contributed by atoms with Crippen LogP contribution in [0.15, 0.2) is 72.3 Å². The third kappa shape index (κ3) is 5.55. The Labute approximate surface area is 229 Å². The standard InChI is InChI=1S/C31H34N2O6/c1-19(2)18-39-24-14-9-21(10-15-24)29(34)27-28(20-7-11-22(12-8-20)32(3)4)33(31(36)30(27)35)23-13-16-25(37-5)26(17-23)38-6/h7-17,19,28,34H,18H2,1-6H3/b29-27+. The van der Waals surface area contributed by atoms with Crippen LogP contribution in [-0.2, 0) is 9.59 Å². The zero-order valence-corrected chi connectivity index (χ0v) is 23.1. The number of aliphatic hydroxyl groups is 1. The van der Waals surface area contributed by atoms with E-state index in [-0.39, 0.29) is 11.3 Å². The number of hydrogen-bond acceptors (Lipinski definition) is 7. The average Bonchev–Trinajstić information content (AvgIpc) is 3.21. The highest BCUT2D eigenvalue weighted by molar-refractivity contribution is 6.51. The summed E-state index contributed by atoms with van der Waals surface area (Å²) in [6.45, 7) is 4.68. The molecule has 204 valence electrons. The van der Waals surface area contributed by atoms with E-state index in [0.29, 0.717) is 46.6 Å². The Morgan fingerprint density at radius 3 is 2.13 bits per heavy atom. The number of carbonyl (C=O) groups is 2. The Morgan fingerprint density at radius 1 is 0.923 bits per heavy atom. The molecule has 0 saturated carbocycles. The quantitative estimate of drug-likeness (QED) is 0.224. The summed E-state index contributed by atoms with van der Waals surface area (Å²) in [7, 11) is 6.88. The molecule has 8 heteroatoms. The van der Waals surface area contributed by atoms with Crippen molar-refractivity contribution in [2.45, 2.75) is 19.9 Å². The van der Waals surface area contributed by atoms with Crippen LogP contribution in [-0.4, -0.2) is 51.7 Å². The minimum absolute atomic E-state index is 0.00300. The monoisotopic (exact) mass is 530 g/mol. The van der Waals surface area contributed by atoms with E-state index in [4.69, 9.17) is 14.2 Å². The van der Waals surface area contributed by atoms with Crippen LogP contribution >= 0.6 is 0 Å². The number of ether oxygens (including phenoxy) is 3. The largest absolute Gasteiger partial charge is 0.507 e.